The summed E-state index contributed by atoms with van der Waals surface area (Å²) in [6.45, 7) is 11.4. The van der Waals surface area contributed by atoms with Crippen LogP contribution in [0.1, 0.15) is 37.7 Å². The monoisotopic (exact) mass is 505 g/mol. The molecule has 192 valence electrons. The molecule has 0 bridgehead atoms. The lowest BCUT2D eigenvalue weighted by atomic mass is 10.1. The predicted octanol–water partition coefficient (Wildman–Crippen LogP) is 1.39. The van der Waals surface area contributed by atoms with E-state index in [4.69, 9.17) is 19.6 Å². The molecule has 4 heterocycles. The molecule has 1 fully saturated rings. The van der Waals surface area contributed by atoms with E-state index in [-0.39, 0.29) is 4.90 Å². The number of fused-ring (bicyclic) bond motifs is 1. The molecule has 2 aliphatic heterocycles. The summed E-state index contributed by atoms with van der Waals surface area (Å²) in [5, 5.41) is 7.98. The van der Waals surface area contributed by atoms with Crippen molar-refractivity contribution in [2.45, 2.75) is 45.2 Å². The van der Waals surface area contributed by atoms with Gasteiger partial charge in [-0.1, -0.05) is 13.8 Å². The quantitative estimate of drug-likeness (QED) is 0.515. The van der Waals surface area contributed by atoms with Gasteiger partial charge in [0.15, 0.2) is 0 Å². The maximum absolute atomic E-state index is 13.4. The minimum Gasteiger partial charge on any atom is -0.477 e. The van der Waals surface area contributed by atoms with E-state index in [0.717, 1.165) is 43.1 Å². The van der Waals surface area contributed by atoms with Gasteiger partial charge >= 0.3 is 0 Å². The Morgan fingerprint density at radius 3 is 2.57 bits per heavy atom. The lowest BCUT2D eigenvalue weighted by molar-refractivity contribution is 0.182. The van der Waals surface area contributed by atoms with Crippen LogP contribution < -0.4 is 10.1 Å². The minimum atomic E-state index is -3.69. The van der Waals surface area contributed by atoms with Gasteiger partial charge < -0.3 is 19.7 Å². The summed E-state index contributed by atoms with van der Waals surface area (Å²) in [5.74, 6) is 0.879. The third-order valence-electron chi connectivity index (χ3n) is 6.37. The molecule has 0 aliphatic carbocycles. The summed E-state index contributed by atoms with van der Waals surface area (Å²) < 4.78 is 41.3. The third-order valence-corrected chi connectivity index (χ3v) is 8.23. The normalized spacial score (nSPS) is 17.1. The van der Waals surface area contributed by atoms with Gasteiger partial charge in [0, 0.05) is 33.3 Å². The van der Waals surface area contributed by atoms with E-state index in [1.165, 1.54) is 10.5 Å². The Labute approximate surface area is 207 Å². The molecular weight excluding hydrogens is 470 g/mol. The highest BCUT2D eigenvalue weighted by Crippen LogP contribution is 2.31. The van der Waals surface area contributed by atoms with Gasteiger partial charge in [0.25, 0.3) is 0 Å². The van der Waals surface area contributed by atoms with E-state index >= 15 is 0 Å². The highest BCUT2D eigenvalue weighted by atomic mass is 32.2. The molecule has 0 saturated carbocycles. The van der Waals surface area contributed by atoms with Crippen LogP contribution in [-0.4, -0.2) is 91.3 Å². The number of nitrogens with zero attached hydrogens (tertiary/aromatic N) is 6. The fourth-order valence-electron chi connectivity index (χ4n) is 4.41. The van der Waals surface area contributed by atoms with Crippen LogP contribution in [0.2, 0.25) is 0 Å². The van der Waals surface area contributed by atoms with Gasteiger partial charge in [-0.15, -0.1) is 0 Å². The summed E-state index contributed by atoms with van der Waals surface area (Å²) >= 11 is 0. The number of nitrogens with one attached hydrogen (secondary N) is 1. The van der Waals surface area contributed by atoms with E-state index in [0.29, 0.717) is 56.7 Å². The molecule has 0 unspecified atom stereocenters. The number of likely N-dealkylation sites (N-methyl/N-ethyl adjacent to an activating group) is 1. The highest BCUT2D eigenvalue weighted by Gasteiger charge is 2.30. The van der Waals surface area contributed by atoms with Crippen molar-refractivity contribution in [3.8, 4) is 5.88 Å². The van der Waals surface area contributed by atoms with E-state index in [2.05, 4.69) is 29.0 Å². The molecule has 4 rings (SSSR count). The Kier molecular flexibility index (Phi) is 8.05. The Morgan fingerprint density at radius 2 is 1.91 bits per heavy atom. The lowest BCUT2D eigenvalue weighted by Crippen LogP contribution is -2.48. The van der Waals surface area contributed by atoms with Crippen LogP contribution in [0.25, 0.3) is 0 Å². The number of rotatable bonds is 10. The number of ether oxygens (including phenoxy) is 2. The van der Waals surface area contributed by atoms with Gasteiger partial charge in [0.1, 0.15) is 22.1 Å². The summed E-state index contributed by atoms with van der Waals surface area (Å²) in [6.07, 6.45) is 2.14. The van der Waals surface area contributed by atoms with Crippen LogP contribution in [0, 0.1) is 0 Å². The van der Waals surface area contributed by atoms with Crippen molar-refractivity contribution < 1.29 is 17.9 Å². The smallest absolute Gasteiger partial charge is 0.244 e. The minimum absolute atomic E-state index is 0.141. The van der Waals surface area contributed by atoms with Crippen LogP contribution in [-0.2, 0) is 34.3 Å². The van der Waals surface area contributed by atoms with Crippen molar-refractivity contribution in [3.63, 3.8) is 0 Å². The first-order chi connectivity index (χ1) is 16.9. The number of methoxy groups -OCH3 is 1. The van der Waals surface area contributed by atoms with Crippen molar-refractivity contribution in [2.24, 2.45) is 4.99 Å². The van der Waals surface area contributed by atoms with Crippen molar-refractivity contribution in [2.75, 3.05) is 53.0 Å². The van der Waals surface area contributed by atoms with Crippen molar-refractivity contribution in [1.29, 1.82) is 0 Å². The van der Waals surface area contributed by atoms with Crippen LogP contribution in [0.15, 0.2) is 22.2 Å². The van der Waals surface area contributed by atoms with Crippen molar-refractivity contribution in [1.82, 2.24) is 29.3 Å². The summed E-state index contributed by atoms with van der Waals surface area (Å²) in [5.41, 5.74) is 3.20. The molecule has 0 amide bonds. The number of pyridine rings is 1. The van der Waals surface area contributed by atoms with Gasteiger partial charge in [-0.3, -0.25) is 4.68 Å². The number of aliphatic imine (C=N–C) groups is 1. The standard InChI is InChI=1S/C23H35N7O4S/c1-5-20-21-19(27-30(20)12-13-33-4)16-24-22(26-21)18-14-17(15-25-23(18)34-7-3)35(31,32)29-10-8-28(6-2)9-11-29/h14-15H,5-13,16H2,1-4H3,(H,24,26). The molecule has 11 nitrogen and oxygen atoms in total. The number of aromatic nitrogens is 3. The first-order valence-corrected chi connectivity index (χ1v) is 13.6. The Morgan fingerprint density at radius 1 is 1.14 bits per heavy atom. The summed E-state index contributed by atoms with van der Waals surface area (Å²) in [7, 11) is -2.02. The zero-order valence-electron chi connectivity index (χ0n) is 21.0. The Balaban J connectivity index is 1.71. The Hall–Kier alpha value is -2.54. The van der Waals surface area contributed by atoms with E-state index < -0.39 is 10.0 Å². The van der Waals surface area contributed by atoms with Gasteiger partial charge in [0.2, 0.25) is 15.9 Å². The maximum atomic E-state index is 13.4. The van der Waals surface area contributed by atoms with Crippen molar-refractivity contribution in [3.05, 3.63) is 29.2 Å². The van der Waals surface area contributed by atoms with E-state index in [1.54, 1.807) is 13.2 Å². The fourth-order valence-corrected chi connectivity index (χ4v) is 5.80. The van der Waals surface area contributed by atoms with Gasteiger partial charge in [0.05, 0.1) is 43.8 Å². The number of amidine groups is 1. The second-order valence-corrected chi connectivity index (χ2v) is 10.4. The molecule has 35 heavy (non-hydrogen) atoms. The second-order valence-electron chi connectivity index (χ2n) is 8.42. The molecule has 2 aromatic rings. The van der Waals surface area contributed by atoms with E-state index in [9.17, 15) is 8.42 Å². The zero-order valence-corrected chi connectivity index (χ0v) is 21.8. The number of sulfonamides is 1. The molecule has 0 atom stereocenters. The molecule has 0 aromatic carbocycles. The van der Waals surface area contributed by atoms with Gasteiger partial charge in [-0.05, 0) is 26.0 Å². The number of hydrogen-bond donors (Lipinski definition) is 1. The van der Waals surface area contributed by atoms with Crippen LogP contribution in [0.5, 0.6) is 5.88 Å². The SMILES string of the molecule is CCOc1ncc(S(=O)(=O)N2CCN(CC)CC2)cc1C1=Nc2c(nn(CCOC)c2CC)CN1. The second kappa shape index (κ2) is 11.0. The molecule has 12 heteroatoms. The average Bonchev–Trinajstić information content (AvgIpc) is 3.24. The average molecular weight is 506 g/mol. The molecule has 1 saturated heterocycles. The highest BCUT2D eigenvalue weighted by molar-refractivity contribution is 7.89. The number of hydrogen-bond acceptors (Lipinski definition) is 9. The van der Waals surface area contributed by atoms with Crippen LogP contribution in [0.4, 0.5) is 5.69 Å². The lowest BCUT2D eigenvalue weighted by Gasteiger charge is -2.33. The van der Waals surface area contributed by atoms with Crippen molar-refractivity contribution >= 4 is 21.5 Å². The molecule has 2 aliphatic rings. The fraction of sp³-hybridized carbons (Fsp3) is 0.609. The third kappa shape index (κ3) is 5.20. The molecule has 0 spiro atoms. The summed E-state index contributed by atoms with van der Waals surface area (Å²) in [4.78, 5) is 11.6. The first kappa shape index (κ1) is 25.5. The molecule has 2 aromatic heterocycles. The van der Waals surface area contributed by atoms with E-state index in [1.807, 2.05) is 11.6 Å². The maximum Gasteiger partial charge on any atom is 0.244 e. The largest absolute Gasteiger partial charge is 0.477 e. The van der Waals surface area contributed by atoms with Crippen LogP contribution in [0.3, 0.4) is 0 Å². The number of piperazine rings is 1. The zero-order chi connectivity index (χ0) is 25.0. The van der Waals surface area contributed by atoms with Crippen LogP contribution >= 0.6 is 0 Å². The topological polar surface area (TPSA) is 114 Å². The van der Waals surface area contributed by atoms with Gasteiger partial charge in [-0.2, -0.15) is 9.40 Å². The summed E-state index contributed by atoms with van der Waals surface area (Å²) in [6, 6.07) is 1.62. The Bertz CT molecular complexity index is 1170. The molecular formula is C23H35N7O4S. The van der Waals surface area contributed by atoms with Gasteiger partial charge in [-0.25, -0.2) is 18.4 Å². The molecule has 1 N–H and O–H groups in total. The predicted molar refractivity (Wildman–Crippen MR) is 133 cm³/mol. The molecule has 0 radical (unpaired) electrons. The first-order valence-electron chi connectivity index (χ1n) is 12.2.